The van der Waals surface area contributed by atoms with Crippen LogP contribution in [0, 0.1) is 0 Å². The molecule has 3 rings (SSSR count). The van der Waals surface area contributed by atoms with E-state index in [2.05, 4.69) is 15.1 Å². The summed E-state index contributed by atoms with van der Waals surface area (Å²) in [6.45, 7) is 0. The van der Waals surface area contributed by atoms with Crippen LogP contribution in [0.15, 0.2) is 48.0 Å². The summed E-state index contributed by atoms with van der Waals surface area (Å²) in [6.07, 6.45) is 1.35. The van der Waals surface area contributed by atoms with E-state index in [-0.39, 0.29) is 22.6 Å². The van der Waals surface area contributed by atoms with Crippen molar-refractivity contribution in [3.05, 3.63) is 64.9 Å². The molecule has 0 unspecified atom stereocenters. The summed E-state index contributed by atoms with van der Waals surface area (Å²) in [5.74, 6) is -0.966. The van der Waals surface area contributed by atoms with E-state index >= 15 is 0 Å². The lowest BCUT2D eigenvalue weighted by molar-refractivity contribution is -0.137. The number of aromatic nitrogens is 5. The van der Waals surface area contributed by atoms with Gasteiger partial charge < -0.3 is 10.5 Å². The molecule has 0 aliphatic heterocycles. The number of benzene rings is 1. The third kappa shape index (κ3) is 4.15. The minimum absolute atomic E-state index is 0.0890. The largest absolute Gasteiger partial charge is 0.497 e. The van der Waals surface area contributed by atoms with Crippen molar-refractivity contribution >= 4 is 17.7 Å². The first-order valence-corrected chi connectivity index (χ1v) is 7.90. The van der Waals surface area contributed by atoms with Crippen molar-refractivity contribution in [2.75, 3.05) is 7.11 Å². The van der Waals surface area contributed by atoms with Crippen LogP contribution in [0.3, 0.4) is 0 Å². The summed E-state index contributed by atoms with van der Waals surface area (Å²) in [5.41, 5.74) is 3.49. The van der Waals surface area contributed by atoms with Crippen LogP contribution in [-0.4, -0.2) is 37.3 Å². The lowest BCUT2D eigenvalue weighted by Gasteiger charge is -2.11. The zero-order valence-corrected chi connectivity index (χ0v) is 14.8. The molecule has 0 saturated heterocycles. The van der Waals surface area contributed by atoms with Gasteiger partial charge in [-0.25, -0.2) is 14.8 Å². The second kappa shape index (κ2) is 7.58. The molecule has 2 heterocycles. The van der Waals surface area contributed by atoms with Gasteiger partial charge in [-0.3, -0.25) is 9.36 Å². The Kier molecular flexibility index (Phi) is 5.17. The fourth-order valence-electron chi connectivity index (χ4n) is 2.43. The van der Waals surface area contributed by atoms with Gasteiger partial charge in [-0.1, -0.05) is 0 Å². The van der Waals surface area contributed by atoms with Gasteiger partial charge in [0.1, 0.15) is 18.4 Å². The van der Waals surface area contributed by atoms with E-state index in [1.54, 1.807) is 0 Å². The molecule has 0 atom stereocenters. The van der Waals surface area contributed by atoms with Crippen molar-refractivity contribution in [2.24, 2.45) is 5.73 Å². The van der Waals surface area contributed by atoms with E-state index in [1.165, 1.54) is 31.9 Å². The standard InChI is InChI=1S/C17H13F3N6O3/c1-29-13-3-11(17(18,19)20)2-12(4-13)26-16(28)25(9-24-26)7-14(15(21)27)10-5-22-8-23-6-10/h2-9H,1H3,(H2,21,27)/b14-7+. The summed E-state index contributed by atoms with van der Waals surface area (Å²) < 4.78 is 45.8. The second-order valence-electron chi connectivity index (χ2n) is 5.68. The van der Waals surface area contributed by atoms with Gasteiger partial charge in [-0.2, -0.15) is 23.0 Å². The van der Waals surface area contributed by atoms with Crippen LogP contribution in [0.1, 0.15) is 11.1 Å². The number of alkyl halides is 3. The van der Waals surface area contributed by atoms with Crippen LogP contribution in [-0.2, 0) is 11.0 Å². The van der Waals surface area contributed by atoms with Gasteiger partial charge in [0.15, 0.2) is 0 Å². The second-order valence-corrected chi connectivity index (χ2v) is 5.68. The number of nitrogens with zero attached hydrogens (tertiary/aromatic N) is 5. The third-order valence-corrected chi connectivity index (χ3v) is 3.80. The quantitative estimate of drug-likeness (QED) is 0.639. The normalized spacial score (nSPS) is 12.1. The lowest BCUT2D eigenvalue weighted by Crippen LogP contribution is -2.23. The summed E-state index contributed by atoms with van der Waals surface area (Å²) in [7, 11) is 1.20. The van der Waals surface area contributed by atoms with E-state index in [0.717, 1.165) is 33.9 Å². The van der Waals surface area contributed by atoms with Gasteiger partial charge in [-0.15, -0.1) is 0 Å². The number of rotatable bonds is 5. The van der Waals surface area contributed by atoms with Crippen LogP contribution in [0.25, 0.3) is 17.5 Å². The Hall–Kier alpha value is -3.96. The molecular weight excluding hydrogens is 393 g/mol. The minimum atomic E-state index is -4.65. The number of hydrogen-bond acceptors (Lipinski definition) is 6. The van der Waals surface area contributed by atoms with E-state index in [9.17, 15) is 22.8 Å². The molecule has 0 aliphatic carbocycles. The smallest absolute Gasteiger partial charge is 0.416 e. The van der Waals surface area contributed by atoms with Crippen molar-refractivity contribution in [3.8, 4) is 11.4 Å². The molecule has 0 saturated carbocycles. The molecule has 0 aliphatic rings. The number of ether oxygens (including phenoxy) is 1. The van der Waals surface area contributed by atoms with E-state index in [1.807, 2.05) is 0 Å². The number of hydrogen-bond donors (Lipinski definition) is 1. The molecule has 12 heteroatoms. The van der Waals surface area contributed by atoms with Crippen molar-refractivity contribution in [2.45, 2.75) is 6.18 Å². The Bertz CT molecular complexity index is 1140. The summed E-state index contributed by atoms with van der Waals surface area (Å²) in [5, 5.41) is 3.81. The first-order chi connectivity index (χ1) is 13.7. The number of carbonyl (C=O) groups is 1. The SMILES string of the molecule is COc1cc(-n2ncn(/C=C(/C(N)=O)c3cncnc3)c2=O)cc(C(F)(F)F)c1. The summed E-state index contributed by atoms with van der Waals surface area (Å²) >= 11 is 0. The molecule has 1 aromatic carbocycles. The van der Waals surface area contributed by atoms with Gasteiger partial charge in [0.05, 0.1) is 23.9 Å². The molecule has 3 aromatic rings. The van der Waals surface area contributed by atoms with Gasteiger partial charge in [0.25, 0.3) is 5.91 Å². The Morgan fingerprint density at radius 2 is 1.90 bits per heavy atom. The van der Waals surface area contributed by atoms with Crippen molar-refractivity contribution < 1.29 is 22.7 Å². The number of primary amides is 1. The molecule has 1 amide bonds. The fourth-order valence-corrected chi connectivity index (χ4v) is 2.43. The highest BCUT2D eigenvalue weighted by Crippen LogP contribution is 2.33. The van der Waals surface area contributed by atoms with E-state index in [0.29, 0.717) is 0 Å². The molecule has 2 aromatic heterocycles. The fraction of sp³-hybridized carbons (Fsp3) is 0.118. The first kappa shape index (κ1) is 19.8. The zero-order chi connectivity index (χ0) is 21.2. The van der Waals surface area contributed by atoms with Crippen LogP contribution in [0.2, 0.25) is 0 Å². The minimum Gasteiger partial charge on any atom is -0.497 e. The highest BCUT2D eigenvalue weighted by atomic mass is 19.4. The van der Waals surface area contributed by atoms with Gasteiger partial charge in [0.2, 0.25) is 0 Å². The number of nitrogens with two attached hydrogens (primary N) is 1. The Labute approximate surface area is 160 Å². The van der Waals surface area contributed by atoms with E-state index in [4.69, 9.17) is 10.5 Å². The average Bonchev–Trinajstić information content (AvgIpc) is 3.05. The Morgan fingerprint density at radius 1 is 1.21 bits per heavy atom. The molecule has 0 radical (unpaired) electrons. The van der Waals surface area contributed by atoms with Gasteiger partial charge in [0, 0.05) is 30.2 Å². The summed E-state index contributed by atoms with van der Waals surface area (Å²) in [6, 6.07) is 2.77. The lowest BCUT2D eigenvalue weighted by atomic mass is 10.1. The van der Waals surface area contributed by atoms with Crippen LogP contribution in [0.4, 0.5) is 13.2 Å². The zero-order valence-electron chi connectivity index (χ0n) is 14.8. The van der Waals surface area contributed by atoms with Gasteiger partial charge in [-0.05, 0) is 12.1 Å². The Morgan fingerprint density at radius 3 is 2.48 bits per heavy atom. The van der Waals surface area contributed by atoms with Crippen LogP contribution < -0.4 is 16.2 Å². The molecule has 0 bridgehead atoms. The Balaban J connectivity index is 2.11. The topological polar surface area (TPSA) is 118 Å². The maximum Gasteiger partial charge on any atom is 0.416 e. The monoisotopic (exact) mass is 406 g/mol. The maximum atomic E-state index is 13.1. The van der Waals surface area contributed by atoms with Gasteiger partial charge >= 0.3 is 11.9 Å². The molecule has 150 valence electrons. The predicted molar refractivity (Wildman–Crippen MR) is 94.8 cm³/mol. The molecular formula is C17H13F3N6O3. The average molecular weight is 406 g/mol. The highest BCUT2D eigenvalue weighted by Gasteiger charge is 2.32. The third-order valence-electron chi connectivity index (χ3n) is 3.80. The molecule has 0 fully saturated rings. The number of halogens is 3. The molecule has 0 spiro atoms. The summed E-state index contributed by atoms with van der Waals surface area (Å²) in [4.78, 5) is 31.9. The maximum absolute atomic E-state index is 13.1. The van der Waals surface area contributed by atoms with E-state index < -0.39 is 23.3 Å². The van der Waals surface area contributed by atoms with Crippen LogP contribution in [0.5, 0.6) is 5.75 Å². The molecule has 29 heavy (non-hydrogen) atoms. The molecule has 9 nitrogen and oxygen atoms in total. The van der Waals surface area contributed by atoms with Crippen LogP contribution >= 0.6 is 0 Å². The predicted octanol–water partition coefficient (Wildman–Crippen LogP) is 1.33. The number of methoxy groups -OCH3 is 1. The van der Waals surface area contributed by atoms with Crippen molar-refractivity contribution in [1.29, 1.82) is 0 Å². The number of carbonyl (C=O) groups excluding carboxylic acids is 1. The van der Waals surface area contributed by atoms with Crippen molar-refractivity contribution in [3.63, 3.8) is 0 Å². The molecule has 2 N–H and O–H groups in total. The highest BCUT2D eigenvalue weighted by molar-refractivity contribution is 6.22. The number of amides is 1. The first-order valence-electron chi connectivity index (χ1n) is 7.90. The van der Waals surface area contributed by atoms with Crippen molar-refractivity contribution in [1.82, 2.24) is 24.3 Å².